The van der Waals surface area contributed by atoms with E-state index < -0.39 is 17.1 Å². The average Bonchev–Trinajstić information content (AvgIpc) is 2.96. The first-order valence-corrected chi connectivity index (χ1v) is 14.8. The summed E-state index contributed by atoms with van der Waals surface area (Å²) in [5, 5.41) is 3.05. The molecule has 0 aliphatic carbocycles. The highest BCUT2D eigenvalue weighted by Crippen LogP contribution is 2.41. The number of ether oxygens (including phenoxy) is 2. The first kappa shape index (κ1) is 26.8. The third-order valence-electron chi connectivity index (χ3n) is 7.70. The fraction of sp³-hybridized carbons (Fsp3) is 0.536. The molecule has 2 fully saturated rings. The number of fused-ring (bicyclic) bond motifs is 1. The minimum Gasteiger partial charge on any atom is -0.497 e. The fourth-order valence-corrected chi connectivity index (χ4v) is 6.28. The SMILES string of the molecule is CCS(=O)N1CCN(c2ccc(NC(=O)C3CCc4cc(OC)cc(N5CCN(C)CC5)c4O3)cc2)CC1. The van der Waals surface area contributed by atoms with Gasteiger partial charge in [0.25, 0.3) is 5.91 Å². The van der Waals surface area contributed by atoms with Gasteiger partial charge < -0.3 is 29.5 Å². The quantitative estimate of drug-likeness (QED) is 0.578. The largest absolute Gasteiger partial charge is 0.497 e. The van der Waals surface area contributed by atoms with Crippen LogP contribution >= 0.6 is 0 Å². The maximum Gasteiger partial charge on any atom is 0.265 e. The Morgan fingerprint density at radius 1 is 1.03 bits per heavy atom. The molecule has 9 nitrogen and oxygen atoms in total. The van der Waals surface area contributed by atoms with Crippen LogP contribution in [0.4, 0.5) is 17.1 Å². The molecule has 2 saturated heterocycles. The van der Waals surface area contributed by atoms with Gasteiger partial charge in [-0.1, -0.05) is 6.92 Å². The molecule has 1 N–H and O–H groups in total. The number of benzene rings is 2. The molecule has 2 aromatic rings. The Morgan fingerprint density at radius 3 is 2.37 bits per heavy atom. The first-order chi connectivity index (χ1) is 18.4. The summed E-state index contributed by atoms with van der Waals surface area (Å²) in [6.45, 7) is 9.02. The summed E-state index contributed by atoms with van der Waals surface area (Å²) >= 11 is 0. The number of nitrogens with zero attached hydrogens (tertiary/aromatic N) is 4. The number of anilines is 3. The topological polar surface area (TPSA) is 77.6 Å². The highest BCUT2D eigenvalue weighted by Gasteiger charge is 2.31. The Hall–Kier alpha value is -2.82. The van der Waals surface area contributed by atoms with E-state index >= 15 is 0 Å². The van der Waals surface area contributed by atoms with Crippen molar-refractivity contribution in [3.8, 4) is 11.5 Å². The second kappa shape index (κ2) is 11.9. The molecule has 2 aromatic carbocycles. The van der Waals surface area contributed by atoms with Crippen molar-refractivity contribution < 1.29 is 18.5 Å². The van der Waals surface area contributed by atoms with Gasteiger partial charge >= 0.3 is 0 Å². The van der Waals surface area contributed by atoms with Gasteiger partial charge in [-0.3, -0.25) is 4.79 Å². The average molecular weight is 542 g/mol. The summed E-state index contributed by atoms with van der Waals surface area (Å²) in [5.74, 6) is 2.17. The van der Waals surface area contributed by atoms with Crippen molar-refractivity contribution in [2.45, 2.75) is 25.9 Å². The molecule has 1 amide bonds. The van der Waals surface area contributed by atoms with Crippen molar-refractivity contribution >= 4 is 34.0 Å². The number of carbonyl (C=O) groups is 1. The van der Waals surface area contributed by atoms with Crippen LogP contribution in [0.15, 0.2) is 36.4 Å². The summed E-state index contributed by atoms with van der Waals surface area (Å²) in [6, 6.07) is 12.0. The van der Waals surface area contributed by atoms with Crippen molar-refractivity contribution in [1.29, 1.82) is 0 Å². The van der Waals surface area contributed by atoms with Gasteiger partial charge in [0.1, 0.15) is 11.5 Å². The van der Waals surface area contributed by atoms with Crippen LogP contribution in [0.1, 0.15) is 18.9 Å². The van der Waals surface area contributed by atoms with Crippen LogP contribution in [0.2, 0.25) is 0 Å². The molecule has 0 spiro atoms. The van der Waals surface area contributed by atoms with E-state index in [1.54, 1.807) is 7.11 Å². The number of amides is 1. The molecule has 3 heterocycles. The fourth-order valence-electron chi connectivity index (χ4n) is 5.35. The standard InChI is InChI=1S/C28H39N5O4S/c1-4-38(35)33-17-15-31(16-18-33)23-8-6-22(7-9-23)29-28(34)26-10-5-21-19-24(36-3)20-25(27(21)37-26)32-13-11-30(2)12-14-32/h6-9,19-20,26H,4-5,10-18H2,1-3H3,(H,29,34). The number of piperazine rings is 2. The number of likely N-dealkylation sites (N-methyl/N-ethyl adjacent to an activating group) is 1. The second-order valence-electron chi connectivity index (χ2n) is 10.1. The smallest absolute Gasteiger partial charge is 0.265 e. The Kier molecular flexibility index (Phi) is 8.40. The minimum absolute atomic E-state index is 0.126. The van der Waals surface area contributed by atoms with Gasteiger partial charge in [0, 0.05) is 81.1 Å². The molecule has 10 heteroatoms. The van der Waals surface area contributed by atoms with Gasteiger partial charge in [-0.2, -0.15) is 0 Å². The van der Waals surface area contributed by atoms with Gasteiger partial charge in [0.05, 0.1) is 23.8 Å². The molecule has 38 heavy (non-hydrogen) atoms. The van der Waals surface area contributed by atoms with Crippen LogP contribution < -0.4 is 24.6 Å². The zero-order valence-electron chi connectivity index (χ0n) is 22.6. The first-order valence-electron chi connectivity index (χ1n) is 13.6. The van der Waals surface area contributed by atoms with Gasteiger partial charge in [-0.15, -0.1) is 0 Å². The predicted molar refractivity (Wildman–Crippen MR) is 153 cm³/mol. The van der Waals surface area contributed by atoms with Crippen LogP contribution in [0, 0.1) is 0 Å². The summed E-state index contributed by atoms with van der Waals surface area (Å²) < 4.78 is 26.0. The summed E-state index contributed by atoms with van der Waals surface area (Å²) in [4.78, 5) is 20.2. The molecule has 2 atom stereocenters. The molecule has 0 radical (unpaired) electrons. The van der Waals surface area contributed by atoms with Crippen molar-refractivity contribution in [3.05, 3.63) is 42.0 Å². The molecule has 2 unspecified atom stereocenters. The Bertz CT molecular complexity index is 1140. The Labute approximate surface area is 228 Å². The maximum absolute atomic E-state index is 13.2. The molecule has 5 rings (SSSR count). The normalized spacial score (nSPS) is 21.4. The maximum atomic E-state index is 13.2. The lowest BCUT2D eigenvalue weighted by molar-refractivity contribution is -0.123. The van der Waals surface area contributed by atoms with Crippen molar-refractivity contribution in [1.82, 2.24) is 9.21 Å². The molecule has 206 valence electrons. The number of methoxy groups -OCH3 is 1. The van der Waals surface area contributed by atoms with Crippen LogP contribution in [0.25, 0.3) is 0 Å². The van der Waals surface area contributed by atoms with Gasteiger partial charge in [-0.05, 0) is 50.2 Å². The second-order valence-corrected chi connectivity index (χ2v) is 11.9. The lowest BCUT2D eigenvalue weighted by atomic mass is 9.99. The number of hydrogen-bond acceptors (Lipinski definition) is 7. The molecular formula is C28H39N5O4S. The molecule has 0 saturated carbocycles. The monoisotopic (exact) mass is 541 g/mol. The third kappa shape index (κ3) is 5.92. The van der Waals surface area contributed by atoms with Crippen LogP contribution in [-0.2, 0) is 22.2 Å². The van der Waals surface area contributed by atoms with Crippen molar-refractivity contribution in [3.63, 3.8) is 0 Å². The third-order valence-corrected chi connectivity index (χ3v) is 9.14. The number of carbonyl (C=O) groups excluding carboxylic acids is 1. The van der Waals surface area contributed by atoms with Gasteiger partial charge in [-0.25, -0.2) is 8.51 Å². The van der Waals surface area contributed by atoms with E-state index in [0.717, 1.165) is 92.9 Å². The van der Waals surface area contributed by atoms with Gasteiger partial charge in [0.2, 0.25) is 0 Å². The van der Waals surface area contributed by atoms with E-state index in [9.17, 15) is 9.00 Å². The van der Waals surface area contributed by atoms with E-state index in [2.05, 4.69) is 27.1 Å². The lowest BCUT2D eigenvalue weighted by Crippen LogP contribution is -2.47. The number of nitrogens with one attached hydrogen (secondary N) is 1. The Balaban J connectivity index is 1.22. The summed E-state index contributed by atoms with van der Waals surface area (Å²) in [6.07, 6.45) is 0.837. The van der Waals surface area contributed by atoms with E-state index in [-0.39, 0.29) is 5.91 Å². The number of rotatable bonds is 7. The van der Waals surface area contributed by atoms with Crippen LogP contribution in [0.3, 0.4) is 0 Å². The number of hydrogen-bond donors (Lipinski definition) is 1. The van der Waals surface area contributed by atoms with Crippen molar-refractivity contribution in [2.24, 2.45) is 0 Å². The van der Waals surface area contributed by atoms with E-state index in [0.29, 0.717) is 12.2 Å². The van der Waals surface area contributed by atoms with Crippen LogP contribution in [0.5, 0.6) is 11.5 Å². The van der Waals surface area contributed by atoms with Gasteiger partial charge in [0.15, 0.2) is 6.10 Å². The van der Waals surface area contributed by atoms with E-state index in [1.165, 1.54) is 0 Å². The minimum atomic E-state index is -0.882. The lowest BCUT2D eigenvalue weighted by Gasteiger charge is -2.37. The Morgan fingerprint density at radius 2 is 1.71 bits per heavy atom. The number of aryl methyl sites for hydroxylation is 1. The predicted octanol–water partition coefficient (Wildman–Crippen LogP) is 2.58. The van der Waals surface area contributed by atoms with E-state index in [4.69, 9.17) is 9.47 Å². The highest BCUT2D eigenvalue weighted by atomic mass is 32.2. The van der Waals surface area contributed by atoms with Crippen LogP contribution in [-0.4, -0.2) is 97.7 Å². The summed E-state index contributed by atoms with van der Waals surface area (Å²) in [5.41, 5.74) is 3.97. The van der Waals surface area contributed by atoms with E-state index in [1.807, 2.05) is 47.6 Å². The molecule has 3 aliphatic rings. The van der Waals surface area contributed by atoms with Crippen molar-refractivity contribution in [2.75, 3.05) is 87.4 Å². The highest BCUT2D eigenvalue weighted by molar-refractivity contribution is 7.82. The zero-order valence-corrected chi connectivity index (χ0v) is 23.5. The molecular weight excluding hydrogens is 502 g/mol. The summed E-state index contributed by atoms with van der Waals surface area (Å²) in [7, 11) is 2.95. The molecule has 0 bridgehead atoms. The molecule has 0 aromatic heterocycles. The zero-order chi connectivity index (χ0) is 26.6. The molecule has 3 aliphatic heterocycles.